The molecule has 2 aromatic rings. The number of urea groups is 1. The van der Waals surface area contributed by atoms with E-state index in [1.165, 1.54) is 0 Å². The van der Waals surface area contributed by atoms with Gasteiger partial charge in [-0.3, -0.25) is 9.59 Å². The number of carbonyl (C=O) groups excluding carboxylic acids is 3. The molecule has 176 valence electrons. The average Bonchev–Trinajstić information content (AvgIpc) is 2.80. The Hall–Kier alpha value is -3.55. The molecule has 0 unspecified atom stereocenters. The first-order valence-electron chi connectivity index (χ1n) is 11.3. The Morgan fingerprint density at radius 1 is 0.939 bits per heavy atom. The van der Waals surface area contributed by atoms with Crippen LogP contribution in [0.3, 0.4) is 0 Å². The first kappa shape index (κ1) is 24.1. The molecular formula is C25H32N4O4. The van der Waals surface area contributed by atoms with Gasteiger partial charge in [0.1, 0.15) is 5.75 Å². The van der Waals surface area contributed by atoms with Crippen molar-refractivity contribution in [3.05, 3.63) is 48.5 Å². The van der Waals surface area contributed by atoms with Gasteiger partial charge < -0.3 is 25.6 Å². The van der Waals surface area contributed by atoms with Crippen LogP contribution in [0.15, 0.2) is 48.5 Å². The number of piperidine rings is 1. The van der Waals surface area contributed by atoms with E-state index >= 15 is 0 Å². The van der Waals surface area contributed by atoms with Crippen molar-refractivity contribution in [3.8, 4) is 5.75 Å². The highest BCUT2D eigenvalue weighted by molar-refractivity contribution is 5.95. The van der Waals surface area contributed by atoms with Crippen molar-refractivity contribution in [2.75, 3.05) is 36.1 Å². The fourth-order valence-electron chi connectivity index (χ4n) is 3.75. The molecule has 3 N–H and O–H groups in total. The van der Waals surface area contributed by atoms with Gasteiger partial charge in [-0.15, -0.1) is 0 Å². The Morgan fingerprint density at radius 3 is 2.15 bits per heavy atom. The SMILES string of the molecule is COc1ccccc1NC(=O)C1CCN(C(=O)Nc2ccc(NC(=O)CC(C)C)cc2)CC1. The maximum absolute atomic E-state index is 12.7. The molecule has 0 spiro atoms. The predicted octanol–water partition coefficient (Wildman–Crippen LogP) is 4.56. The number of para-hydroxylation sites is 2. The lowest BCUT2D eigenvalue weighted by atomic mass is 9.96. The summed E-state index contributed by atoms with van der Waals surface area (Å²) in [6, 6.07) is 14.2. The van der Waals surface area contributed by atoms with Gasteiger partial charge in [0.2, 0.25) is 11.8 Å². The second-order valence-electron chi connectivity index (χ2n) is 8.60. The van der Waals surface area contributed by atoms with Crippen LogP contribution in [-0.2, 0) is 9.59 Å². The summed E-state index contributed by atoms with van der Waals surface area (Å²) in [4.78, 5) is 38.9. The van der Waals surface area contributed by atoms with E-state index in [0.717, 1.165) is 0 Å². The van der Waals surface area contributed by atoms with Crippen LogP contribution in [0.25, 0.3) is 0 Å². The number of carbonyl (C=O) groups is 3. The minimum atomic E-state index is -0.199. The van der Waals surface area contributed by atoms with Crippen LogP contribution in [0.2, 0.25) is 0 Å². The summed E-state index contributed by atoms with van der Waals surface area (Å²) in [6.07, 6.45) is 1.65. The van der Waals surface area contributed by atoms with Crippen molar-refractivity contribution in [2.24, 2.45) is 11.8 Å². The second kappa shape index (κ2) is 11.4. The third kappa shape index (κ3) is 6.97. The van der Waals surface area contributed by atoms with Gasteiger partial charge in [0.05, 0.1) is 12.8 Å². The topological polar surface area (TPSA) is 99.8 Å². The Balaban J connectivity index is 1.46. The largest absolute Gasteiger partial charge is 0.495 e. The highest BCUT2D eigenvalue weighted by atomic mass is 16.5. The van der Waals surface area contributed by atoms with E-state index in [1.807, 2.05) is 26.0 Å². The molecular weight excluding hydrogens is 420 g/mol. The summed E-state index contributed by atoms with van der Waals surface area (Å²) in [7, 11) is 1.57. The number of hydrogen-bond acceptors (Lipinski definition) is 4. The molecule has 0 aliphatic carbocycles. The van der Waals surface area contributed by atoms with Crippen LogP contribution in [-0.4, -0.2) is 42.9 Å². The normalized spacial score (nSPS) is 14.0. The van der Waals surface area contributed by atoms with Gasteiger partial charge in [-0.05, 0) is 55.2 Å². The van der Waals surface area contributed by atoms with E-state index < -0.39 is 0 Å². The number of anilines is 3. The molecule has 0 saturated carbocycles. The molecule has 1 heterocycles. The smallest absolute Gasteiger partial charge is 0.321 e. The Morgan fingerprint density at radius 2 is 1.55 bits per heavy atom. The summed E-state index contributed by atoms with van der Waals surface area (Å²) in [5.74, 6) is 0.662. The van der Waals surface area contributed by atoms with Crippen LogP contribution in [0.1, 0.15) is 33.1 Å². The van der Waals surface area contributed by atoms with E-state index in [0.29, 0.717) is 61.1 Å². The summed E-state index contributed by atoms with van der Waals surface area (Å²) < 4.78 is 5.28. The van der Waals surface area contributed by atoms with Crippen molar-refractivity contribution in [2.45, 2.75) is 33.1 Å². The first-order chi connectivity index (χ1) is 15.9. The fourth-order valence-corrected chi connectivity index (χ4v) is 3.75. The molecule has 2 aromatic carbocycles. The van der Waals surface area contributed by atoms with Crippen molar-refractivity contribution in [3.63, 3.8) is 0 Å². The lowest BCUT2D eigenvalue weighted by molar-refractivity contribution is -0.121. The summed E-state index contributed by atoms with van der Waals surface area (Å²) >= 11 is 0. The van der Waals surface area contributed by atoms with Crippen LogP contribution < -0.4 is 20.7 Å². The summed E-state index contributed by atoms with van der Waals surface area (Å²) in [6.45, 7) is 4.99. The molecule has 1 saturated heterocycles. The number of ether oxygens (including phenoxy) is 1. The van der Waals surface area contributed by atoms with E-state index in [2.05, 4.69) is 16.0 Å². The van der Waals surface area contributed by atoms with Gasteiger partial charge in [0.15, 0.2) is 0 Å². The molecule has 33 heavy (non-hydrogen) atoms. The molecule has 8 nitrogen and oxygen atoms in total. The zero-order valence-corrected chi connectivity index (χ0v) is 19.4. The molecule has 1 aliphatic heterocycles. The van der Waals surface area contributed by atoms with Crippen LogP contribution in [0.4, 0.5) is 21.9 Å². The Kier molecular flexibility index (Phi) is 8.29. The van der Waals surface area contributed by atoms with Gasteiger partial charge in [0.25, 0.3) is 0 Å². The minimum absolute atomic E-state index is 0.0283. The van der Waals surface area contributed by atoms with Gasteiger partial charge in [-0.2, -0.15) is 0 Å². The lowest BCUT2D eigenvalue weighted by Crippen LogP contribution is -2.43. The highest BCUT2D eigenvalue weighted by Crippen LogP contribution is 2.26. The van der Waals surface area contributed by atoms with Crippen LogP contribution in [0.5, 0.6) is 5.75 Å². The van der Waals surface area contributed by atoms with Gasteiger partial charge in [-0.25, -0.2) is 4.79 Å². The van der Waals surface area contributed by atoms with Crippen molar-refractivity contribution in [1.29, 1.82) is 0 Å². The second-order valence-corrected chi connectivity index (χ2v) is 8.60. The molecule has 0 radical (unpaired) electrons. The number of likely N-dealkylation sites (tertiary alicyclic amines) is 1. The third-order valence-electron chi connectivity index (χ3n) is 5.53. The van der Waals surface area contributed by atoms with E-state index in [9.17, 15) is 14.4 Å². The molecule has 3 rings (SSSR count). The Bertz CT molecular complexity index is 967. The number of benzene rings is 2. The summed E-state index contributed by atoms with van der Waals surface area (Å²) in [5, 5.41) is 8.66. The molecule has 0 atom stereocenters. The van der Waals surface area contributed by atoms with Crippen LogP contribution in [0, 0.1) is 11.8 Å². The maximum Gasteiger partial charge on any atom is 0.321 e. The monoisotopic (exact) mass is 452 g/mol. The Labute approximate surface area is 194 Å². The van der Waals surface area contributed by atoms with E-state index in [-0.39, 0.29) is 23.8 Å². The van der Waals surface area contributed by atoms with Crippen LogP contribution >= 0.6 is 0 Å². The third-order valence-corrected chi connectivity index (χ3v) is 5.53. The quantitative estimate of drug-likeness (QED) is 0.573. The standard InChI is InChI=1S/C25H32N4O4/c1-17(2)16-23(30)26-19-8-10-20(11-9-19)27-25(32)29-14-12-18(13-15-29)24(31)28-21-6-4-5-7-22(21)33-3/h4-11,17-18H,12-16H2,1-3H3,(H,26,30)(H,27,32)(H,28,31). The number of rotatable bonds is 7. The molecule has 1 aliphatic rings. The highest BCUT2D eigenvalue weighted by Gasteiger charge is 2.28. The number of hydrogen-bond donors (Lipinski definition) is 3. The molecule has 0 bridgehead atoms. The molecule has 0 aromatic heterocycles. The zero-order valence-electron chi connectivity index (χ0n) is 19.4. The number of methoxy groups -OCH3 is 1. The van der Waals surface area contributed by atoms with E-state index in [4.69, 9.17) is 4.74 Å². The minimum Gasteiger partial charge on any atom is -0.495 e. The number of nitrogens with one attached hydrogen (secondary N) is 3. The number of amides is 4. The van der Waals surface area contributed by atoms with Gasteiger partial charge in [-0.1, -0.05) is 26.0 Å². The summed E-state index contributed by atoms with van der Waals surface area (Å²) in [5.41, 5.74) is 1.99. The molecule has 1 fully saturated rings. The predicted molar refractivity (Wildman–Crippen MR) is 129 cm³/mol. The van der Waals surface area contributed by atoms with Crippen molar-refractivity contribution < 1.29 is 19.1 Å². The molecule has 8 heteroatoms. The molecule has 4 amide bonds. The van der Waals surface area contributed by atoms with Crippen molar-refractivity contribution >= 4 is 34.9 Å². The van der Waals surface area contributed by atoms with Gasteiger partial charge >= 0.3 is 6.03 Å². The number of nitrogens with zero attached hydrogens (tertiary/aromatic N) is 1. The van der Waals surface area contributed by atoms with Gasteiger partial charge in [0, 0.05) is 36.8 Å². The average molecular weight is 453 g/mol. The lowest BCUT2D eigenvalue weighted by Gasteiger charge is -2.31. The van der Waals surface area contributed by atoms with E-state index in [1.54, 1.807) is 48.4 Å². The van der Waals surface area contributed by atoms with Crippen molar-refractivity contribution in [1.82, 2.24) is 4.90 Å². The zero-order chi connectivity index (χ0) is 23.8. The maximum atomic E-state index is 12.7. The fraction of sp³-hybridized carbons (Fsp3) is 0.400. The first-order valence-corrected chi connectivity index (χ1v) is 11.3.